The number of rotatable bonds is 4. The van der Waals surface area contributed by atoms with Gasteiger partial charge in [-0.1, -0.05) is 25.0 Å². The van der Waals surface area contributed by atoms with Gasteiger partial charge in [0.25, 0.3) is 5.91 Å². The van der Waals surface area contributed by atoms with E-state index in [2.05, 4.69) is 36.9 Å². The lowest BCUT2D eigenvalue weighted by Crippen LogP contribution is -2.50. The Morgan fingerprint density at radius 2 is 1.95 bits per heavy atom. The first-order valence-corrected chi connectivity index (χ1v) is 7.23. The van der Waals surface area contributed by atoms with Crippen LogP contribution in [0.3, 0.4) is 0 Å². The monoisotopic (exact) mass is 278 g/mol. The van der Waals surface area contributed by atoms with Crippen molar-refractivity contribution >= 4 is 18.5 Å². The van der Waals surface area contributed by atoms with Gasteiger partial charge in [-0.3, -0.25) is 4.79 Å². The van der Waals surface area contributed by atoms with Gasteiger partial charge in [-0.05, 0) is 39.1 Å². The summed E-state index contributed by atoms with van der Waals surface area (Å²) in [6, 6.07) is 7.41. The molecular weight excluding hydrogens is 256 g/mol. The normalized spacial score (nSPS) is 17.7. The molecule has 1 fully saturated rings. The number of thiol groups is 1. The molecule has 1 aromatic carbocycles. The topological polar surface area (TPSA) is 32.3 Å². The van der Waals surface area contributed by atoms with E-state index in [0.717, 1.165) is 17.7 Å². The summed E-state index contributed by atoms with van der Waals surface area (Å²) in [6.45, 7) is 0.709. The molecule has 0 bridgehead atoms. The van der Waals surface area contributed by atoms with E-state index in [9.17, 15) is 4.79 Å². The highest BCUT2D eigenvalue weighted by Gasteiger charge is 2.36. The molecule has 4 heteroatoms. The largest absolute Gasteiger partial charge is 0.350 e. The number of nitrogens with one attached hydrogen (secondary N) is 1. The van der Waals surface area contributed by atoms with Gasteiger partial charge >= 0.3 is 0 Å². The standard InChI is InChI=1S/C15H22N2OS/c1-17(2)15(9-5-6-10-15)11-16-14(18)12-7-3-4-8-13(12)19/h3-4,7-8,19H,5-6,9-11H2,1-2H3,(H,16,18). The van der Waals surface area contributed by atoms with Gasteiger partial charge in [0.1, 0.15) is 0 Å². The van der Waals surface area contributed by atoms with Gasteiger partial charge in [0.15, 0.2) is 0 Å². The van der Waals surface area contributed by atoms with Crippen molar-refractivity contribution in [3.8, 4) is 0 Å². The molecule has 1 N–H and O–H groups in total. The molecule has 1 saturated carbocycles. The highest BCUT2D eigenvalue weighted by atomic mass is 32.1. The van der Waals surface area contributed by atoms with Crippen LogP contribution in [0.1, 0.15) is 36.0 Å². The minimum atomic E-state index is -0.0290. The molecule has 0 heterocycles. The second-order valence-corrected chi connectivity index (χ2v) is 6.01. The van der Waals surface area contributed by atoms with Crippen LogP contribution < -0.4 is 5.32 Å². The smallest absolute Gasteiger partial charge is 0.252 e. The fourth-order valence-electron chi connectivity index (χ4n) is 2.82. The van der Waals surface area contributed by atoms with Crippen LogP contribution in [0.5, 0.6) is 0 Å². The van der Waals surface area contributed by atoms with Crippen LogP contribution in [0.15, 0.2) is 29.2 Å². The van der Waals surface area contributed by atoms with Crippen LogP contribution in [0.2, 0.25) is 0 Å². The zero-order valence-electron chi connectivity index (χ0n) is 11.6. The van der Waals surface area contributed by atoms with Crippen molar-refractivity contribution < 1.29 is 4.79 Å². The predicted octanol–water partition coefficient (Wildman–Crippen LogP) is 2.58. The number of hydrogen-bond acceptors (Lipinski definition) is 3. The summed E-state index contributed by atoms with van der Waals surface area (Å²) in [6.07, 6.45) is 4.81. The maximum Gasteiger partial charge on any atom is 0.252 e. The molecule has 0 aromatic heterocycles. The number of amides is 1. The van der Waals surface area contributed by atoms with Gasteiger partial charge in [-0.2, -0.15) is 0 Å². The molecule has 0 unspecified atom stereocenters. The fraction of sp³-hybridized carbons (Fsp3) is 0.533. The van der Waals surface area contributed by atoms with Crippen LogP contribution in [-0.4, -0.2) is 37.0 Å². The Morgan fingerprint density at radius 1 is 1.32 bits per heavy atom. The van der Waals surface area contributed by atoms with Crippen molar-refractivity contribution in [3.05, 3.63) is 29.8 Å². The van der Waals surface area contributed by atoms with Crippen molar-refractivity contribution in [3.63, 3.8) is 0 Å². The lowest BCUT2D eigenvalue weighted by atomic mass is 9.96. The van der Waals surface area contributed by atoms with E-state index in [1.807, 2.05) is 24.3 Å². The number of hydrogen-bond donors (Lipinski definition) is 2. The van der Waals surface area contributed by atoms with E-state index in [1.54, 1.807) is 0 Å². The molecule has 19 heavy (non-hydrogen) atoms. The number of likely N-dealkylation sites (N-methyl/N-ethyl adjacent to an activating group) is 1. The second kappa shape index (κ2) is 5.97. The highest BCUT2D eigenvalue weighted by Crippen LogP contribution is 2.33. The Morgan fingerprint density at radius 3 is 2.53 bits per heavy atom. The molecule has 3 nitrogen and oxygen atoms in total. The zero-order chi connectivity index (χ0) is 13.9. The van der Waals surface area contributed by atoms with Crippen LogP contribution in [0.25, 0.3) is 0 Å². The van der Waals surface area contributed by atoms with E-state index in [1.165, 1.54) is 12.8 Å². The van der Waals surface area contributed by atoms with Gasteiger partial charge in [0.05, 0.1) is 5.56 Å². The average molecular weight is 278 g/mol. The first-order chi connectivity index (χ1) is 9.05. The third-order valence-corrected chi connectivity index (χ3v) is 4.60. The van der Waals surface area contributed by atoms with E-state index < -0.39 is 0 Å². The third-order valence-electron chi connectivity index (χ3n) is 4.21. The van der Waals surface area contributed by atoms with E-state index >= 15 is 0 Å². The van der Waals surface area contributed by atoms with Gasteiger partial charge < -0.3 is 10.2 Å². The second-order valence-electron chi connectivity index (χ2n) is 5.53. The summed E-state index contributed by atoms with van der Waals surface area (Å²) in [5, 5.41) is 3.07. The quantitative estimate of drug-likeness (QED) is 0.830. The number of carbonyl (C=O) groups is 1. The molecule has 2 rings (SSSR count). The van der Waals surface area contributed by atoms with Gasteiger partial charge in [-0.25, -0.2) is 0 Å². The minimum Gasteiger partial charge on any atom is -0.350 e. The Balaban J connectivity index is 2.02. The maximum absolute atomic E-state index is 12.2. The fourth-order valence-corrected chi connectivity index (χ4v) is 3.08. The van der Waals surface area contributed by atoms with Crippen LogP contribution >= 0.6 is 12.6 Å². The van der Waals surface area contributed by atoms with Crippen LogP contribution in [-0.2, 0) is 0 Å². The summed E-state index contributed by atoms with van der Waals surface area (Å²) in [4.78, 5) is 15.2. The molecule has 0 aliphatic heterocycles. The molecule has 1 aromatic rings. The summed E-state index contributed by atoms with van der Waals surface area (Å²) in [5.74, 6) is -0.0290. The molecule has 1 aliphatic carbocycles. The zero-order valence-corrected chi connectivity index (χ0v) is 12.5. The van der Waals surface area contributed by atoms with Gasteiger partial charge in [0.2, 0.25) is 0 Å². The van der Waals surface area contributed by atoms with Crippen molar-refractivity contribution in [2.45, 2.75) is 36.1 Å². The van der Waals surface area contributed by atoms with E-state index in [-0.39, 0.29) is 11.4 Å². The highest BCUT2D eigenvalue weighted by molar-refractivity contribution is 7.80. The average Bonchev–Trinajstić information content (AvgIpc) is 2.86. The van der Waals surface area contributed by atoms with E-state index in [4.69, 9.17) is 0 Å². The van der Waals surface area contributed by atoms with Crippen molar-refractivity contribution in [2.75, 3.05) is 20.6 Å². The third kappa shape index (κ3) is 3.12. The maximum atomic E-state index is 12.2. The van der Waals surface area contributed by atoms with Crippen LogP contribution in [0, 0.1) is 0 Å². The molecule has 0 radical (unpaired) electrons. The summed E-state index contributed by atoms with van der Waals surface area (Å²) >= 11 is 4.33. The Bertz CT molecular complexity index is 453. The van der Waals surface area contributed by atoms with Crippen molar-refractivity contribution in [1.29, 1.82) is 0 Å². The minimum absolute atomic E-state index is 0.0290. The Hall–Kier alpha value is -1.00. The number of benzene rings is 1. The predicted molar refractivity (Wildman–Crippen MR) is 80.9 cm³/mol. The van der Waals surface area contributed by atoms with Gasteiger partial charge in [-0.15, -0.1) is 12.6 Å². The SMILES string of the molecule is CN(C)C1(CNC(=O)c2ccccc2S)CCCC1. The summed E-state index contributed by atoms with van der Waals surface area (Å²) < 4.78 is 0. The first-order valence-electron chi connectivity index (χ1n) is 6.79. The summed E-state index contributed by atoms with van der Waals surface area (Å²) in [7, 11) is 4.20. The molecule has 1 aliphatic rings. The number of nitrogens with zero attached hydrogens (tertiary/aromatic N) is 1. The summed E-state index contributed by atoms with van der Waals surface area (Å²) in [5.41, 5.74) is 0.777. The number of carbonyl (C=O) groups excluding carboxylic acids is 1. The van der Waals surface area contributed by atoms with Crippen molar-refractivity contribution in [2.24, 2.45) is 0 Å². The Labute approximate surface area is 120 Å². The Kier molecular flexibility index (Phi) is 4.53. The van der Waals surface area contributed by atoms with Gasteiger partial charge in [0, 0.05) is 17.0 Å². The van der Waals surface area contributed by atoms with E-state index in [0.29, 0.717) is 12.1 Å². The molecule has 104 valence electrons. The van der Waals surface area contributed by atoms with Crippen molar-refractivity contribution in [1.82, 2.24) is 10.2 Å². The molecular formula is C15H22N2OS. The lowest BCUT2D eigenvalue weighted by molar-refractivity contribution is 0.0897. The lowest BCUT2D eigenvalue weighted by Gasteiger charge is -2.36. The molecule has 0 saturated heterocycles. The molecule has 0 atom stereocenters. The molecule has 0 spiro atoms. The van der Waals surface area contributed by atoms with Crippen LogP contribution in [0.4, 0.5) is 0 Å². The molecule has 1 amide bonds. The first kappa shape index (κ1) is 14.4.